The van der Waals surface area contributed by atoms with Crippen molar-refractivity contribution in [2.24, 2.45) is 4.99 Å². The van der Waals surface area contributed by atoms with Gasteiger partial charge in [-0.25, -0.2) is 14.0 Å². The summed E-state index contributed by atoms with van der Waals surface area (Å²) in [6, 6.07) is 3.77. The third-order valence-electron chi connectivity index (χ3n) is 4.68. The van der Waals surface area contributed by atoms with Crippen LogP contribution in [0.4, 0.5) is 10.1 Å². The number of nitrogens with one attached hydrogen (secondary N) is 1. The van der Waals surface area contributed by atoms with Crippen LogP contribution in [0.1, 0.15) is 18.5 Å². The van der Waals surface area contributed by atoms with Crippen LogP contribution in [0.15, 0.2) is 37.3 Å². The number of aliphatic imine (C=N–C) groups is 1. The van der Waals surface area contributed by atoms with Crippen molar-refractivity contribution in [3.8, 4) is 0 Å². The quantitative estimate of drug-likeness (QED) is 0.199. The molecule has 0 radical (unpaired) electrons. The van der Waals surface area contributed by atoms with Crippen molar-refractivity contribution in [2.45, 2.75) is 36.1 Å². The molecule has 4 N–H and O–H groups in total. The van der Waals surface area contributed by atoms with Crippen LogP contribution in [0.2, 0.25) is 0 Å². The SMILES string of the molecule is CN(C(=O)CSc1nonc1C(=Nc1ccc(F)c(Br)c1)NO)C1C[C@@H](O)[C@@H](O)C1. The average molecular weight is 504 g/mol. The molecule has 10 nitrogen and oxygen atoms in total. The Hall–Kier alpha value is -2.06. The second-order valence-electron chi connectivity index (χ2n) is 6.64. The van der Waals surface area contributed by atoms with Crippen LogP contribution < -0.4 is 5.48 Å². The van der Waals surface area contributed by atoms with E-state index in [4.69, 9.17) is 4.63 Å². The number of amides is 1. The molecule has 1 fully saturated rings. The van der Waals surface area contributed by atoms with E-state index >= 15 is 0 Å². The lowest BCUT2D eigenvalue weighted by atomic mass is 10.2. The van der Waals surface area contributed by atoms with Crippen molar-refractivity contribution in [1.82, 2.24) is 20.7 Å². The summed E-state index contributed by atoms with van der Waals surface area (Å²) in [4.78, 5) is 18.1. The topological polar surface area (TPSA) is 144 Å². The molecule has 1 aliphatic carbocycles. The van der Waals surface area contributed by atoms with Crippen LogP contribution in [0.25, 0.3) is 0 Å². The molecule has 1 heterocycles. The zero-order chi connectivity index (χ0) is 21.8. The molecule has 3 atom stereocenters. The third-order valence-corrected chi connectivity index (χ3v) is 6.22. The Bertz CT molecular complexity index is 935. The number of halogens is 2. The van der Waals surface area contributed by atoms with Gasteiger partial charge in [-0.05, 0) is 57.3 Å². The van der Waals surface area contributed by atoms with E-state index in [0.717, 1.165) is 11.8 Å². The number of rotatable bonds is 6. The van der Waals surface area contributed by atoms with Gasteiger partial charge in [0.25, 0.3) is 0 Å². The van der Waals surface area contributed by atoms with Gasteiger partial charge in [0.05, 0.1) is 28.1 Å². The first kappa shape index (κ1) is 22.6. The predicted octanol–water partition coefficient (Wildman–Crippen LogP) is 1.46. The Morgan fingerprint density at radius 1 is 1.40 bits per heavy atom. The summed E-state index contributed by atoms with van der Waals surface area (Å²) in [5.41, 5.74) is 2.31. The summed E-state index contributed by atoms with van der Waals surface area (Å²) in [6.45, 7) is 0. The lowest BCUT2D eigenvalue weighted by Crippen LogP contribution is -2.37. The molecule has 3 rings (SSSR count). The van der Waals surface area contributed by atoms with E-state index in [9.17, 15) is 24.6 Å². The van der Waals surface area contributed by atoms with Gasteiger partial charge in [-0.1, -0.05) is 11.8 Å². The predicted molar refractivity (Wildman–Crippen MR) is 108 cm³/mol. The molecule has 0 bridgehead atoms. The van der Waals surface area contributed by atoms with Gasteiger partial charge in [0.2, 0.25) is 5.91 Å². The Morgan fingerprint density at radius 2 is 2.10 bits per heavy atom. The number of carbonyl (C=O) groups is 1. The van der Waals surface area contributed by atoms with Gasteiger partial charge < -0.3 is 15.1 Å². The Kier molecular flexibility index (Phi) is 7.41. The average Bonchev–Trinajstić information content (AvgIpc) is 3.32. The molecule has 1 aliphatic rings. The highest BCUT2D eigenvalue weighted by atomic mass is 79.9. The van der Waals surface area contributed by atoms with Gasteiger partial charge in [0, 0.05) is 13.1 Å². The smallest absolute Gasteiger partial charge is 0.232 e. The van der Waals surface area contributed by atoms with Crippen LogP contribution in [-0.2, 0) is 4.79 Å². The van der Waals surface area contributed by atoms with Crippen molar-refractivity contribution >= 4 is 45.1 Å². The fourth-order valence-corrected chi connectivity index (χ4v) is 4.14. The van der Waals surface area contributed by atoms with Crippen molar-refractivity contribution in [3.05, 3.63) is 34.2 Å². The second-order valence-corrected chi connectivity index (χ2v) is 8.46. The van der Waals surface area contributed by atoms with Gasteiger partial charge in [-0.2, -0.15) is 0 Å². The molecule has 0 aliphatic heterocycles. The highest BCUT2D eigenvalue weighted by Crippen LogP contribution is 2.27. The Balaban J connectivity index is 1.69. The molecule has 13 heteroatoms. The van der Waals surface area contributed by atoms with E-state index in [2.05, 4.69) is 31.2 Å². The number of hydroxylamine groups is 1. The molecule has 1 aromatic heterocycles. The van der Waals surface area contributed by atoms with Gasteiger partial charge in [0.1, 0.15) is 5.82 Å². The van der Waals surface area contributed by atoms with E-state index < -0.39 is 18.0 Å². The molecule has 0 saturated heterocycles. The van der Waals surface area contributed by atoms with Gasteiger partial charge in [-0.3, -0.25) is 15.5 Å². The zero-order valence-corrected chi connectivity index (χ0v) is 18.1. The fraction of sp³-hybridized carbons (Fsp3) is 0.412. The number of carbonyl (C=O) groups excluding carboxylic acids is 1. The molecular weight excluding hydrogens is 485 g/mol. The van der Waals surface area contributed by atoms with E-state index in [-0.39, 0.29) is 38.7 Å². The lowest BCUT2D eigenvalue weighted by Gasteiger charge is -2.24. The summed E-state index contributed by atoms with van der Waals surface area (Å²) in [6.07, 6.45) is -1.07. The maximum absolute atomic E-state index is 13.4. The maximum Gasteiger partial charge on any atom is 0.232 e. The molecule has 1 aromatic carbocycles. The van der Waals surface area contributed by atoms with Crippen molar-refractivity contribution in [3.63, 3.8) is 0 Å². The monoisotopic (exact) mass is 503 g/mol. The summed E-state index contributed by atoms with van der Waals surface area (Å²) in [5, 5.41) is 36.4. The molecular formula is C17H19BrFN5O5S. The first-order chi connectivity index (χ1) is 14.3. The fourth-order valence-electron chi connectivity index (χ4n) is 2.95. The van der Waals surface area contributed by atoms with Crippen LogP contribution >= 0.6 is 27.7 Å². The standard InChI is InChI=1S/C17H19BrFN5O5S/c1-24(9-5-12(25)13(26)6-9)14(27)7-30-17-15(22-29-23-17)16(21-28)20-8-2-3-11(19)10(18)4-8/h2-4,9,12-13,25-26,28H,5-7H2,1H3,(H,20,21)/t9?,12-,13+. The molecule has 30 heavy (non-hydrogen) atoms. The van der Waals surface area contributed by atoms with Crippen LogP contribution in [-0.4, -0.2) is 73.4 Å². The Morgan fingerprint density at radius 3 is 2.73 bits per heavy atom. The molecule has 1 amide bonds. The van der Waals surface area contributed by atoms with E-state index in [1.54, 1.807) is 7.05 Å². The number of hydrogen-bond donors (Lipinski definition) is 4. The number of aliphatic hydroxyl groups excluding tert-OH is 2. The van der Waals surface area contributed by atoms with E-state index in [1.807, 2.05) is 5.48 Å². The normalized spacial score (nSPS) is 21.7. The second kappa shape index (κ2) is 9.83. The van der Waals surface area contributed by atoms with Crippen molar-refractivity contribution < 1.29 is 29.2 Å². The first-order valence-corrected chi connectivity index (χ1v) is 10.6. The minimum absolute atomic E-state index is 0.0127. The summed E-state index contributed by atoms with van der Waals surface area (Å²) in [7, 11) is 1.61. The van der Waals surface area contributed by atoms with Crippen LogP contribution in [0.5, 0.6) is 0 Å². The summed E-state index contributed by atoms with van der Waals surface area (Å²) < 4.78 is 18.3. The Labute approximate surface area is 183 Å². The molecule has 0 spiro atoms. The number of aromatic nitrogens is 2. The number of aliphatic hydroxyl groups is 2. The highest BCUT2D eigenvalue weighted by Gasteiger charge is 2.35. The zero-order valence-electron chi connectivity index (χ0n) is 15.7. The maximum atomic E-state index is 13.4. The molecule has 2 aromatic rings. The minimum atomic E-state index is -0.842. The van der Waals surface area contributed by atoms with Crippen molar-refractivity contribution in [2.75, 3.05) is 12.8 Å². The third kappa shape index (κ3) is 5.16. The summed E-state index contributed by atoms with van der Waals surface area (Å²) >= 11 is 4.09. The number of nitrogens with zero attached hydrogens (tertiary/aromatic N) is 4. The van der Waals surface area contributed by atoms with Gasteiger partial charge >= 0.3 is 0 Å². The highest BCUT2D eigenvalue weighted by molar-refractivity contribution is 9.10. The summed E-state index contributed by atoms with van der Waals surface area (Å²) in [5.74, 6) is -0.809. The van der Waals surface area contributed by atoms with Crippen LogP contribution in [0.3, 0.4) is 0 Å². The van der Waals surface area contributed by atoms with Gasteiger partial charge in [-0.15, -0.1) is 0 Å². The molecule has 1 saturated carbocycles. The largest absolute Gasteiger partial charge is 0.390 e. The number of benzene rings is 1. The minimum Gasteiger partial charge on any atom is -0.390 e. The molecule has 1 unspecified atom stereocenters. The number of hydrogen-bond acceptors (Lipinski definition) is 9. The van der Waals surface area contributed by atoms with Gasteiger partial charge in [0.15, 0.2) is 16.6 Å². The van der Waals surface area contributed by atoms with Crippen LogP contribution in [0, 0.1) is 5.82 Å². The van der Waals surface area contributed by atoms with E-state index in [0.29, 0.717) is 18.5 Å². The number of amidine groups is 1. The molecule has 162 valence electrons. The van der Waals surface area contributed by atoms with Crippen molar-refractivity contribution in [1.29, 1.82) is 0 Å². The number of thioether (sulfide) groups is 1. The first-order valence-electron chi connectivity index (χ1n) is 8.81. The lowest BCUT2D eigenvalue weighted by molar-refractivity contribution is -0.129. The van der Waals surface area contributed by atoms with E-state index in [1.165, 1.54) is 23.1 Å².